The minimum absolute atomic E-state index is 0.0350. The third-order valence-corrected chi connectivity index (χ3v) is 7.17. The maximum absolute atomic E-state index is 13.2. The van der Waals surface area contributed by atoms with Crippen LogP contribution in [0, 0.1) is 10.1 Å². The quantitative estimate of drug-likeness (QED) is 0.376. The summed E-state index contributed by atoms with van der Waals surface area (Å²) < 4.78 is 0. The van der Waals surface area contributed by atoms with Crippen LogP contribution in [0.15, 0.2) is 48.5 Å². The highest BCUT2D eigenvalue weighted by Crippen LogP contribution is 2.22. The molecule has 0 radical (unpaired) electrons. The van der Waals surface area contributed by atoms with E-state index in [1.165, 1.54) is 23.9 Å². The van der Waals surface area contributed by atoms with E-state index in [4.69, 9.17) is 11.6 Å². The molecular formula is C24H28ClN3O4S. The molecule has 0 bridgehead atoms. The van der Waals surface area contributed by atoms with E-state index in [0.29, 0.717) is 10.8 Å². The highest BCUT2D eigenvalue weighted by atomic mass is 35.5. The molecule has 2 aromatic carbocycles. The van der Waals surface area contributed by atoms with Crippen molar-refractivity contribution in [2.45, 2.75) is 57.0 Å². The summed E-state index contributed by atoms with van der Waals surface area (Å²) in [6.07, 6.45) is 4.17. The summed E-state index contributed by atoms with van der Waals surface area (Å²) in [6.45, 7) is 2.00. The van der Waals surface area contributed by atoms with Gasteiger partial charge >= 0.3 is 0 Å². The van der Waals surface area contributed by atoms with Crippen molar-refractivity contribution in [3.05, 3.63) is 74.8 Å². The van der Waals surface area contributed by atoms with E-state index >= 15 is 0 Å². The van der Waals surface area contributed by atoms with E-state index in [0.717, 1.165) is 36.8 Å². The molecule has 1 atom stereocenters. The second-order valence-electron chi connectivity index (χ2n) is 8.20. The fraction of sp³-hybridized carbons (Fsp3) is 0.417. The van der Waals surface area contributed by atoms with E-state index < -0.39 is 11.0 Å². The van der Waals surface area contributed by atoms with Crippen molar-refractivity contribution in [2.24, 2.45) is 0 Å². The first-order valence-corrected chi connectivity index (χ1v) is 12.5. The van der Waals surface area contributed by atoms with Gasteiger partial charge in [0.15, 0.2) is 0 Å². The van der Waals surface area contributed by atoms with Gasteiger partial charge in [0.2, 0.25) is 11.8 Å². The Bertz CT molecular complexity index is 980. The number of hydrogen-bond acceptors (Lipinski definition) is 5. The topological polar surface area (TPSA) is 92.6 Å². The van der Waals surface area contributed by atoms with E-state index in [1.807, 2.05) is 18.2 Å². The number of carbonyl (C=O) groups is 2. The number of benzene rings is 2. The van der Waals surface area contributed by atoms with Gasteiger partial charge in [-0.1, -0.05) is 54.8 Å². The van der Waals surface area contributed by atoms with Crippen LogP contribution in [0.5, 0.6) is 0 Å². The third-order valence-electron chi connectivity index (χ3n) is 5.81. The summed E-state index contributed by atoms with van der Waals surface area (Å²) in [5, 5.41) is 14.4. The molecular weight excluding hydrogens is 462 g/mol. The Kier molecular flexibility index (Phi) is 9.14. The molecule has 2 amide bonds. The smallest absolute Gasteiger partial charge is 0.269 e. The summed E-state index contributed by atoms with van der Waals surface area (Å²) in [5.41, 5.74) is 1.71. The fourth-order valence-electron chi connectivity index (χ4n) is 3.84. The average Bonchev–Trinajstić information content (AvgIpc) is 3.31. The van der Waals surface area contributed by atoms with Crippen molar-refractivity contribution >= 4 is 40.9 Å². The van der Waals surface area contributed by atoms with Crippen molar-refractivity contribution in [3.8, 4) is 0 Å². The highest BCUT2D eigenvalue weighted by molar-refractivity contribution is 7.99. The molecule has 0 spiro atoms. The predicted octanol–water partition coefficient (Wildman–Crippen LogP) is 4.96. The summed E-state index contributed by atoms with van der Waals surface area (Å²) in [7, 11) is 0. The SMILES string of the molecule is CC(C(=O)NC1CCCC1)N(Cc1ccccc1Cl)C(=O)CSCc1ccc([N+](=O)[O-])cc1. The van der Waals surface area contributed by atoms with Crippen molar-refractivity contribution in [1.29, 1.82) is 0 Å². The van der Waals surface area contributed by atoms with Gasteiger partial charge in [-0.05, 0) is 37.0 Å². The molecule has 33 heavy (non-hydrogen) atoms. The summed E-state index contributed by atoms with van der Waals surface area (Å²) in [6, 6.07) is 13.1. The Balaban J connectivity index is 1.64. The molecule has 0 saturated heterocycles. The molecule has 0 heterocycles. The fourth-order valence-corrected chi connectivity index (χ4v) is 4.90. The molecule has 176 valence electrons. The van der Waals surface area contributed by atoms with E-state index in [2.05, 4.69) is 5.32 Å². The molecule has 1 saturated carbocycles. The molecule has 0 aliphatic heterocycles. The van der Waals surface area contributed by atoms with Crippen LogP contribution in [0.3, 0.4) is 0 Å². The third kappa shape index (κ3) is 7.20. The zero-order valence-electron chi connectivity index (χ0n) is 18.5. The Morgan fingerprint density at radius 2 is 1.85 bits per heavy atom. The average molecular weight is 490 g/mol. The number of nitro benzene ring substituents is 1. The van der Waals surface area contributed by atoms with Crippen LogP contribution in [0.1, 0.15) is 43.7 Å². The molecule has 3 rings (SSSR count). The summed E-state index contributed by atoms with van der Waals surface area (Å²) in [4.78, 5) is 38.0. The number of carbonyl (C=O) groups excluding carboxylic acids is 2. The van der Waals surface area contributed by atoms with E-state index in [-0.39, 0.29) is 35.8 Å². The van der Waals surface area contributed by atoms with Gasteiger partial charge in [0.05, 0.1) is 10.7 Å². The maximum atomic E-state index is 13.2. The van der Waals surface area contributed by atoms with Crippen LogP contribution in [-0.2, 0) is 21.9 Å². The first kappa shape index (κ1) is 25.1. The minimum atomic E-state index is -0.630. The second kappa shape index (κ2) is 12.0. The number of non-ortho nitro benzene ring substituents is 1. The van der Waals surface area contributed by atoms with Gasteiger partial charge in [-0.25, -0.2) is 0 Å². The Morgan fingerprint density at radius 3 is 2.48 bits per heavy atom. The largest absolute Gasteiger partial charge is 0.352 e. The number of thioether (sulfide) groups is 1. The van der Waals surface area contributed by atoms with Crippen LogP contribution in [0.2, 0.25) is 5.02 Å². The lowest BCUT2D eigenvalue weighted by molar-refractivity contribution is -0.384. The molecule has 9 heteroatoms. The zero-order valence-corrected chi connectivity index (χ0v) is 20.1. The lowest BCUT2D eigenvalue weighted by atomic mass is 10.1. The van der Waals surface area contributed by atoms with Crippen LogP contribution >= 0.6 is 23.4 Å². The molecule has 1 aliphatic rings. The van der Waals surface area contributed by atoms with Gasteiger partial charge in [-0.15, -0.1) is 11.8 Å². The maximum Gasteiger partial charge on any atom is 0.269 e. The Hall–Kier alpha value is -2.58. The summed E-state index contributed by atoms with van der Waals surface area (Å²) >= 11 is 7.73. The van der Waals surface area contributed by atoms with Crippen LogP contribution in [0.4, 0.5) is 5.69 Å². The first-order chi connectivity index (χ1) is 15.8. The van der Waals surface area contributed by atoms with Crippen LogP contribution in [0.25, 0.3) is 0 Å². The van der Waals surface area contributed by atoms with Gasteiger partial charge in [-0.2, -0.15) is 0 Å². The van der Waals surface area contributed by atoms with Gasteiger partial charge in [0, 0.05) is 35.5 Å². The van der Waals surface area contributed by atoms with Gasteiger partial charge in [-0.3, -0.25) is 19.7 Å². The summed E-state index contributed by atoms with van der Waals surface area (Å²) in [5.74, 6) is 0.410. The minimum Gasteiger partial charge on any atom is -0.352 e. The first-order valence-electron chi connectivity index (χ1n) is 11.0. The van der Waals surface area contributed by atoms with E-state index in [1.54, 1.807) is 30.0 Å². The van der Waals surface area contributed by atoms with Crippen molar-refractivity contribution < 1.29 is 14.5 Å². The molecule has 1 unspecified atom stereocenters. The Morgan fingerprint density at radius 1 is 1.18 bits per heavy atom. The van der Waals surface area contributed by atoms with E-state index in [9.17, 15) is 19.7 Å². The van der Waals surface area contributed by atoms with Crippen LogP contribution < -0.4 is 5.32 Å². The highest BCUT2D eigenvalue weighted by Gasteiger charge is 2.28. The number of nitrogens with zero attached hydrogens (tertiary/aromatic N) is 2. The lowest BCUT2D eigenvalue weighted by Crippen LogP contribution is -2.50. The monoisotopic (exact) mass is 489 g/mol. The number of nitro groups is 1. The zero-order chi connectivity index (χ0) is 23.8. The van der Waals surface area contributed by atoms with Gasteiger partial charge in [0.1, 0.15) is 6.04 Å². The van der Waals surface area contributed by atoms with Gasteiger partial charge in [0.25, 0.3) is 5.69 Å². The molecule has 1 aliphatic carbocycles. The molecule has 2 aromatic rings. The molecule has 0 aromatic heterocycles. The molecule has 1 N–H and O–H groups in total. The van der Waals surface area contributed by atoms with Gasteiger partial charge < -0.3 is 10.2 Å². The number of halogens is 1. The molecule has 7 nitrogen and oxygen atoms in total. The second-order valence-corrected chi connectivity index (χ2v) is 9.59. The van der Waals surface area contributed by atoms with Crippen molar-refractivity contribution in [2.75, 3.05) is 5.75 Å². The van der Waals surface area contributed by atoms with Crippen LogP contribution in [-0.4, -0.2) is 39.5 Å². The van der Waals surface area contributed by atoms with Crippen molar-refractivity contribution in [1.82, 2.24) is 10.2 Å². The standard InChI is InChI=1S/C24H28ClN3O4S/c1-17(24(30)26-20-7-3-4-8-20)27(14-19-6-2-5-9-22(19)25)23(29)16-33-15-18-10-12-21(13-11-18)28(31)32/h2,5-6,9-13,17,20H,3-4,7-8,14-16H2,1H3,(H,26,30). The lowest BCUT2D eigenvalue weighted by Gasteiger charge is -2.30. The number of rotatable bonds is 10. The van der Waals surface area contributed by atoms with Crippen molar-refractivity contribution in [3.63, 3.8) is 0 Å². The molecule has 1 fully saturated rings. The number of nitrogens with one attached hydrogen (secondary N) is 1. The number of amides is 2. The number of hydrogen-bond donors (Lipinski definition) is 1. The normalized spacial score (nSPS) is 14.6. The Labute approximate surface area is 203 Å². The predicted molar refractivity (Wildman–Crippen MR) is 131 cm³/mol.